The van der Waals surface area contributed by atoms with Crippen molar-refractivity contribution in [3.05, 3.63) is 89.6 Å². The number of hydrogen-bond donors (Lipinski definition) is 0. The first-order valence-electron chi connectivity index (χ1n) is 9.57. The highest BCUT2D eigenvalue weighted by molar-refractivity contribution is 7.90. The zero-order valence-corrected chi connectivity index (χ0v) is 18.1. The van der Waals surface area contributed by atoms with Gasteiger partial charge in [-0.15, -0.1) is 0 Å². The van der Waals surface area contributed by atoms with Crippen molar-refractivity contribution in [2.75, 3.05) is 14.2 Å². The average Bonchev–Trinajstić information content (AvgIpc) is 3.19. The molecule has 4 rings (SSSR count). The molecule has 7 heteroatoms. The van der Waals surface area contributed by atoms with Gasteiger partial charge in [0.05, 0.1) is 30.2 Å². The van der Waals surface area contributed by atoms with Gasteiger partial charge >= 0.3 is 0 Å². The Kier molecular flexibility index (Phi) is 5.29. The maximum absolute atomic E-state index is 13.6. The molecule has 0 atom stereocenters. The lowest BCUT2D eigenvalue weighted by Crippen LogP contribution is -2.19. The Bertz CT molecular complexity index is 1390. The molecular formula is C24H21NO5S. The van der Waals surface area contributed by atoms with Crippen molar-refractivity contribution in [3.63, 3.8) is 0 Å². The summed E-state index contributed by atoms with van der Waals surface area (Å²) in [4.78, 5) is 13.7. The normalized spacial score (nSPS) is 11.5. The van der Waals surface area contributed by atoms with E-state index in [1.54, 1.807) is 67.6 Å². The summed E-state index contributed by atoms with van der Waals surface area (Å²) in [5.74, 6) is 0.461. The second-order valence-electron chi connectivity index (χ2n) is 6.97. The second-order valence-corrected chi connectivity index (χ2v) is 8.76. The van der Waals surface area contributed by atoms with Crippen molar-refractivity contribution in [2.45, 2.75) is 11.8 Å². The fraction of sp³-hybridized carbons (Fsp3) is 0.125. The van der Waals surface area contributed by atoms with E-state index < -0.39 is 15.8 Å². The van der Waals surface area contributed by atoms with Crippen LogP contribution in [0.1, 0.15) is 21.6 Å². The lowest BCUT2D eigenvalue weighted by atomic mass is 10.0. The van der Waals surface area contributed by atoms with Gasteiger partial charge in [0.25, 0.3) is 10.0 Å². The van der Waals surface area contributed by atoms with E-state index in [1.165, 1.54) is 26.4 Å². The minimum Gasteiger partial charge on any atom is -0.496 e. The third-order valence-electron chi connectivity index (χ3n) is 5.21. The van der Waals surface area contributed by atoms with E-state index in [1.807, 2.05) is 0 Å². The van der Waals surface area contributed by atoms with Crippen molar-refractivity contribution in [3.8, 4) is 11.5 Å². The van der Waals surface area contributed by atoms with Crippen molar-refractivity contribution in [1.82, 2.24) is 3.97 Å². The lowest BCUT2D eigenvalue weighted by molar-refractivity contribution is 0.103. The topological polar surface area (TPSA) is 74.6 Å². The number of carbonyl (C=O) groups is 1. The van der Waals surface area contributed by atoms with Crippen LogP contribution >= 0.6 is 0 Å². The Morgan fingerprint density at radius 2 is 1.55 bits per heavy atom. The second kappa shape index (κ2) is 7.92. The molecule has 0 bridgehead atoms. The van der Waals surface area contributed by atoms with Gasteiger partial charge in [-0.1, -0.05) is 36.4 Å². The Labute approximate surface area is 180 Å². The maximum atomic E-state index is 13.6. The first-order valence-corrected chi connectivity index (χ1v) is 11.0. The van der Waals surface area contributed by atoms with Gasteiger partial charge in [0.15, 0.2) is 0 Å². The molecule has 31 heavy (non-hydrogen) atoms. The van der Waals surface area contributed by atoms with Crippen molar-refractivity contribution >= 4 is 26.7 Å². The number of benzene rings is 3. The van der Waals surface area contributed by atoms with Crippen LogP contribution in [0.25, 0.3) is 10.9 Å². The van der Waals surface area contributed by atoms with Crippen LogP contribution in [0, 0.1) is 6.92 Å². The van der Waals surface area contributed by atoms with Crippen LogP contribution < -0.4 is 9.47 Å². The lowest BCUT2D eigenvalue weighted by Gasteiger charge is -2.15. The predicted octanol–water partition coefficient (Wildman–Crippen LogP) is 4.43. The summed E-state index contributed by atoms with van der Waals surface area (Å²) < 4.78 is 39.0. The number of carbonyl (C=O) groups excluding carboxylic acids is 1. The molecule has 0 spiro atoms. The predicted molar refractivity (Wildman–Crippen MR) is 119 cm³/mol. The van der Waals surface area contributed by atoms with Gasteiger partial charge in [0.1, 0.15) is 17.2 Å². The van der Waals surface area contributed by atoms with Gasteiger partial charge in [-0.2, -0.15) is 0 Å². The molecule has 0 saturated carbocycles. The maximum Gasteiger partial charge on any atom is 0.268 e. The molecule has 6 nitrogen and oxygen atoms in total. The number of nitrogens with zero attached hydrogens (tertiary/aromatic N) is 1. The van der Waals surface area contributed by atoms with E-state index in [-0.39, 0.29) is 16.2 Å². The van der Waals surface area contributed by atoms with Crippen molar-refractivity contribution in [2.24, 2.45) is 0 Å². The van der Waals surface area contributed by atoms with E-state index >= 15 is 0 Å². The van der Waals surface area contributed by atoms with Gasteiger partial charge in [0, 0.05) is 10.9 Å². The van der Waals surface area contributed by atoms with Crippen molar-refractivity contribution < 1.29 is 22.7 Å². The Balaban J connectivity index is 1.99. The SMILES string of the molecule is COc1ccc(C(=O)c2cc3ccccc3n2S(=O)(=O)c2ccccc2)c(OC)c1C. The Morgan fingerprint density at radius 3 is 2.23 bits per heavy atom. The van der Waals surface area contributed by atoms with Crippen LogP contribution in [0.4, 0.5) is 0 Å². The molecule has 158 valence electrons. The molecule has 0 aliphatic heterocycles. The third-order valence-corrected chi connectivity index (χ3v) is 6.95. The van der Waals surface area contributed by atoms with E-state index in [4.69, 9.17) is 9.47 Å². The molecular weight excluding hydrogens is 414 g/mol. The van der Waals surface area contributed by atoms with Gasteiger partial charge in [-0.25, -0.2) is 12.4 Å². The van der Waals surface area contributed by atoms with E-state index in [9.17, 15) is 13.2 Å². The highest BCUT2D eigenvalue weighted by atomic mass is 32.2. The number of ketones is 1. The number of para-hydroxylation sites is 1. The largest absolute Gasteiger partial charge is 0.496 e. The van der Waals surface area contributed by atoms with Gasteiger partial charge in [-0.3, -0.25) is 4.79 Å². The molecule has 1 aromatic heterocycles. The van der Waals surface area contributed by atoms with Crippen LogP contribution in [-0.2, 0) is 10.0 Å². The fourth-order valence-corrected chi connectivity index (χ4v) is 5.25. The highest BCUT2D eigenvalue weighted by Gasteiger charge is 2.29. The van der Waals surface area contributed by atoms with Gasteiger partial charge in [0.2, 0.25) is 5.78 Å². The molecule has 0 N–H and O–H groups in total. The smallest absolute Gasteiger partial charge is 0.268 e. The van der Waals surface area contributed by atoms with Crippen LogP contribution in [0.2, 0.25) is 0 Å². The summed E-state index contributed by atoms with van der Waals surface area (Å²) in [5, 5.41) is 0.648. The number of ether oxygens (including phenoxy) is 2. The molecule has 0 saturated heterocycles. The molecule has 1 heterocycles. The van der Waals surface area contributed by atoms with Crippen LogP contribution in [0.15, 0.2) is 77.7 Å². The Morgan fingerprint density at radius 1 is 0.871 bits per heavy atom. The first kappa shape index (κ1) is 20.7. The molecule has 3 aromatic carbocycles. The highest BCUT2D eigenvalue weighted by Crippen LogP contribution is 2.34. The molecule has 0 aliphatic carbocycles. The van der Waals surface area contributed by atoms with Crippen LogP contribution in [0.3, 0.4) is 0 Å². The average molecular weight is 436 g/mol. The molecule has 0 amide bonds. The van der Waals surface area contributed by atoms with Crippen LogP contribution in [-0.4, -0.2) is 32.4 Å². The zero-order valence-electron chi connectivity index (χ0n) is 17.3. The number of aromatic nitrogens is 1. The van der Waals surface area contributed by atoms with Gasteiger partial charge in [-0.05, 0) is 43.3 Å². The third kappa shape index (κ3) is 3.37. The Hall–Kier alpha value is -3.58. The summed E-state index contributed by atoms with van der Waals surface area (Å²) >= 11 is 0. The minimum atomic E-state index is -4.02. The molecule has 0 fully saturated rings. The fourth-order valence-electron chi connectivity index (χ4n) is 3.72. The van der Waals surface area contributed by atoms with Crippen LogP contribution in [0.5, 0.6) is 11.5 Å². The quantitative estimate of drug-likeness (QED) is 0.419. The standard InChI is InChI=1S/C24H21NO5S/c1-16-22(29-2)14-13-19(24(16)30-3)23(26)21-15-17-9-7-8-12-20(17)25(21)31(27,28)18-10-5-4-6-11-18/h4-15H,1-3H3. The summed E-state index contributed by atoms with van der Waals surface area (Å²) in [7, 11) is -1.02. The number of rotatable bonds is 6. The number of fused-ring (bicyclic) bond motifs is 1. The summed E-state index contributed by atoms with van der Waals surface area (Å²) in [6.45, 7) is 1.78. The molecule has 4 aromatic rings. The summed E-state index contributed by atoms with van der Waals surface area (Å²) in [6, 6.07) is 19.9. The van der Waals surface area contributed by atoms with Gasteiger partial charge < -0.3 is 9.47 Å². The van der Waals surface area contributed by atoms with Crippen molar-refractivity contribution in [1.29, 1.82) is 0 Å². The minimum absolute atomic E-state index is 0.0351. The number of hydrogen-bond acceptors (Lipinski definition) is 5. The summed E-state index contributed by atoms with van der Waals surface area (Å²) in [5.41, 5.74) is 1.38. The zero-order chi connectivity index (χ0) is 22.2. The van der Waals surface area contributed by atoms with E-state index in [0.29, 0.717) is 28.0 Å². The van der Waals surface area contributed by atoms with E-state index in [0.717, 1.165) is 3.97 Å². The van der Waals surface area contributed by atoms with E-state index in [2.05, 4.69) is 0 Å². The molecule has 0 aliphatic rings. The first-order chi connectivity index (χ1) is 14.9. The molecule has 0 radical (unpaired) electrons. The molecule has 0 unspecified atom stereocenters. The number of methoxy groups -OCH3 is 2. The summed E-state index contributed by atoms with van der Waals surface area (Å²) in [6.07, 6.45) is 0. The monoisotopic (exact) mass is 435 g/mol.